The van der Waals surface area contributed by atoms with E-state index in [2.05, 4.69) is 34.6 Å². The molecule has 1 atom stereocenters. The molecule has 0 heterocycles. The van der Waals surface area contributed by atoms with Gasteiger partial charge >= 0.3 is 17.9 Å². The summed E-state index contributed by atoms with van der Waals surface area (Å²) in [5.74, 6) is 0.791. The van der Waals surface area contributed by atoms with E-state index in [1.54, 1.807) is 0 Å². The zero-order valence-corrected chi connectivity index (χ0v) is 38.3. The fourth-order valence-corrected chi connectivity index (χ4v) is 7.46. The van der Waals surface area contributed by atoms with E-state index in [9.17, 15) is 14.4 Å². The van der Waals surface area contributed by atoms with Crippen molar-refractivity contribution in [3.05, 3.63) is 0 Å². The van der Waals surface area contributed by atoms with Crippen molar-refractivity contribution < 1.29 is 28.6 Å². The van der Waals surface area contributed by atoms with Crippen LogP contribution in [0.4, 0.5) is 0 Å². The van der Waals surface area contributed by atoms with Crippen LogP contribution in [0.2, 0.25) is 0 Å². The molecule has 0 aromatic heterocycles. The first-order valence-electron chi connectivity index (χ1n) is 24.7. The number of hydrogen-bond acceptors (Lipinski definition) is 6. The molecule has 0 saturated heterocycles. The minimum atomic E-state index is -0.761. The van der Waals surface area contributed by atoms with Gasteiger partial charge in [0.25, 0.3) is 0 Å². The molecule has 6 heteroatoms. The van der Waals surface area contributed by atoms with Crippen LogP contribution in [-0.2, 0) is 28.6 Å². The van der Waals surface area contributed by atoms with Crippen LogP contribution in [0.15, 0.2) is 0 Å². The molecule has 0 bridgehead atoms. The molecular formula is C50H96O6. The highest BCUT2D eigenvalue weighted by molar-refractivity contribution is 5.71. The van der Waals surface area contributed by atoms with Crippen LogP contribution in [0.1, 0.15) is 272 Å². The first kappa shape index (κ1) is 54.4. The Morgan fingerprint density at radius 1 is 0.339 bits per heavy atom. The van der Waals surface area contributed by atoms with Crippen LogP contribution in [0.25, 0.3) is 0 Å². The maximum absolute atomic E-state index is 12.7. The highest BCUT2D eigenvalue weighted by Crippen LogP contribution is 2.17. The summed E-state index contributed by atoms with van der Waals surface area (Å²) < 4.78 is 16.8. The molecule has 0 aromatic carbocycles. The van der Waals surface area contributed by atoms with Crippen LogP contribution < -0.4 is 0 Å². The molecule has 0 rings (SSSR count). The topological polar surface area (TPSA) is 78.9 Å². The molecule has 0 saturated carbocycles. The van der Waals surface area contributed by atoms with Crippen molar-refractivity contribution in [1.82, 2.24) is 0 Å². The minimum absolute atomic E-state index is 0.0642. The fourth-order valence-electron chi connectivity index (χ4n) is 7.46. The van der Waals surface area contributed by atoms with Gasteiger partial charge in [0, 0.05) is 19.3 Å². The van der Waals surface area contributed by atoms with E-state index in [4.69, 9.17) is 14.2 Å². The van der Waals surface area contributed by atoms with Crippen LogP contribution in [0.3, 0.4) is 0 Å². The van der Waals surface area contributed by atoms with Gasteiger partial charge in [0.1, 0.15) is 13.2 Å². The SMILES string of the molecule is CCCCCCCCCCCCCC(=O)OC[C@@H](COC(=O)CCCCCCCCCCCCCC(C)C)OC(=O)CCCCCCCCCCCCC(C)C. The van der Waals surface area contributed by atoms with Crippen molar-refractivity contribution in [3.8, 4) is 0 Å². The summed E-state index contributed by atoms with van der Waals surface area (Å²) in [6.07, 6.45) is 42.3. The Morgan fingerprint density at radius 3 is 0.875 bits per heavy atom. The van der Waals surface area contributed by atoms with Crippen LogP contribution in [0, 0.1) is 11.8 Å². The van der Waals surface area contributed by atoms with Gasteiger partial charge in [-0.1, -0.05) is 234 Å². The molecule has 0 amide bonds. The highest BCUT2D eigenvalue weighted by Gasteiger charge is 2.19. The number of hydrogen-bond donors (Lipinski definition) is 0. The van der Waals surface area contributed by atoms with Crippen LogP contribution >= 0.6 is 0 Å². The number of carbonyl (C=O) groups excluding carboxylic acids is 3. The highest BCUT2D eigenvalue weighted by atomic mass is 16.6. The summed E-state index contributed by atoms with van der Waals surface area (Å²) in [5, 5.41) is 0. The molecule has 0 aromatic rings. The van der Waals surface area contributed by atoms with Crippen LogP contribution in [0.5, 0.6) is 0 Å². The lowest BCUT2D eigenvalue weighted by Gasteiger charge is -2.18. The van der Waals surface area contributed by atoms with Crippen molar-refractivity contribution in [2.45, 2.75) is 278 Å². The monoisotopic (exact) mass is 793 g/mol. The second-order valence-electron chi connectivity index (χ2n) is 18.1. The smallest absolute Gasteiger partial charge is 0.306 e. The average molecular weight is 793 g/mol. The summed E-state index contributed by atoms with van der Waals surface area (Å²) >= 11 is 0. The van der Waals surface area contributed by atoms with E-state index in [1.807, 2.05) is 0 Å². The predicted molar refractivity (Wildman–Crippen MR) is 238 cm³/mol. The van der Waals surface area contributed by atoms with E-state index in [0.29, 0.717) is 19.3 Å². The fraction of sp³-hybridized carbons (Fsp3) is 0.940. The third kappa shape index (κ3) is 43.5. The quantitative estimate of drug-likeness (QED) is 0.0347. The molecule has 0 N–H and O–H groups in total. The van der Waals surface area contributed by atoms with Gasteiger partial charge < -0.3 is 14.2 Å². The summed E-state index contributed by atoms with van der Waals surface area (Å²) in [6.45, 7) is 11.3. The molecule has 6 nitrogen and oxygen atoms in total. The maximum Gasteiger partial charge on any atom is 0.306 e. The second-order valence-corrected chi connectivity index (χ2v) is 18.1. The van der Waals surface area contributed by atoms with Crippen molar-refractivity contribution in [2.75, 3.05) is 13.2 Å². The number of unbranched alkanes of at least 4 members (excludes halogenated alkanes) is 29. The van der Waals surface area contributed by atoms with E-state index in [0.717, 1.165) is 69.6 Å². The molecule has 0 unspecified atom stereocenters. The Bertz CT molecular complexity index is 854. The molecular weight excluding hydrogens is 697 g/mol. The number of rotatable bonds is 44. The van der Waals surface area contributed by atoms with Crippen LogP contribution in [-0.4, -0.2) is 37.2 Å². The van der Waals surface area contributed by atoms with Gasteiger partial charge in [-0.2, -0.15) is 0 Å². The Balaban J connectivity index is 4.32. The predicted octanol–water partition coefficient (Wildman–Crippen LogP) is 15.8. The Kier molecular flexibility index (Phi) is 41.8. The maximum atomic E-state index is 12.7. The van der Waals surface area contributed by atoms with Crippen molar-refractivity contribution in [1.29, 1.82) is 0 Å². The van der Waals surface area contributed by atoms with Gasteiger partial charge in [-0.25, -0.2) is 0 Å². The van der Waals surface area contributed by atoms with Crippen molar-refractivity contribution >= 4 is 17.9 Å². The van der Waals surface area contributed by atoms with Gasteiger partial charge in [0.2, 0.25) is 0 Å². The second kappa shape index (κ2) is 43.0. The van der Waals surface area contributed by atoms with Gasteiger partial charge in [0.15, 0.2) is 6.10 Å². The summed E-state index contributed by atoms with van der Waals surface area (Å²) in [6, 6.07) is 0. The zero-order valence-electron chi connectivity index (χ0n) is 38.3. The molecule has 0 aliphatic carbocycles. The number of esters is 3. The zero-order chi connectivity index (χ0) is 41.2. The summed E-state index contributed by atoms with van der Waals surface area (Å²) in [4.78, 5) is 37.8. The lowest BCUT2D eigenvalue weighted by atomic mass is 10.0. The van der Waals surface area contributed by atoms with Crippen molar-refractivity contribution in [2.24, 2.45) is 11.8 Å². The first-order chi connectivity index (χ1) is 27.2. The molecule has 0 aliphatic heterocycles. The largest absolute Gasteiger partial charge is 0.462 e. The Hall–Kier alpha value is -1.59. The van der Waals surface area contributed by atoms with Gasteiger partial charge in [-0.15, -0.1) is 0 Å². The number of ether oxygens (including phenoxy) is 3. The molecule has 56 heavy (non-hydrogen) atoms. The number of carbonyl (C=O) groups is 3. The molecule has 0 spiro atoms. The third-order valence-electron chi connectivity index (χ3n) is 11.2. The van der Waals surface area contributed by atoms with Gasteiger partial charge in [-0.3, -0.25) is 14.4 Å². The summed E-state index contributed by atoms with van der Waals surface area (Å²) in [5.41, 5.74) is 0. The van der Waals surface area contributed by atoms with Gasteiger partial charge in [-0.05, 0) is 31.1 Å². The normalized spacial score (nSPS) is 12.1. The first-order valence-corrected chi connectivity index (χ1v) is 24.7. The molecule has 0 radical (unpaired) electrons. The average Bonchev–Trinajstić information content (AvgIpc) is 3.16. The summed E-state index contributed by atoms with van der Waals surface area (Å²) in [7, 11) is 0. The molecule has 0 aliphatic rings. The van der Waals surface area contributed by atoms with Gasteiger partial charge in [0.05, 0.1) is 0 Å². The standard InChI is InChI=1S/C50H96O6/c1-6-7-8-9-10-11-13-20-25-30-35-40-48(51)54-43-47(56-50(53)42-37-32-27-22-17-16-19-24-29-34-39-46(4)5)44-55-49(52)41-36-31-26-21-15-12-14-18-23-28-33-38-45(2)3/h45-47H,6-44H2,1-5H3/t47-/m0/s1. The Labute approximate surface area is 348 Å². The minimum Gasteiger partial charge on any atom is -0.462 e. The van der Waals surface area contributed by atoms with E-state index < -0.39 is 6.10 Å². The lowest BCUT2D eigenvalue weighted by molar-refractivity contribution is -0.167. The van der Waals surface area contributed by atoms with Crippen molar-refractivity contribution in [3.63, 3.8) is 0 Å². The Morgan fingerprint density at radius 2 is 0.589 bits per heavy atom. The van der Waals surface area contributed by atoms with E-state index in [1.165, 1.54) is 161 Å². The molecule has 332 valence electrons. The van der Waals surface area contributed by atoms with E-state index in [-0.39, 0.29) is 31.1 Å². The van der Waals surface area contributed by atoms with E-state index >= 15 is 0 Å². The lowest BCUT2D eigenvalue weighted by Crippen LogP contribution is -2.30. The third-order valence-corrected chi connectivity index (χ3v) is 11.2. The molecule has 0 fully saturated rings.